The zero-order valence-corrected chi connectivity index (χ0v) is 10.1. The van der Waals surface area contributed by atoms with Crippen LogP contribution in [0, 0.1) is 6.92 Å². The van der Waals surface area contributed by atoms with Crippen LogP contribution in [-0.2, 0) is 0 Å². The molecule has 1 unspecified atom stereocenters. The maximum absolute atomic E-state index is 11.4. The van der Waals surface area contributed by atoms with Crippen LogP contribution in [-0.4, -0.2) is 25.0 Å². The van der Waals surface area contributed by atoms with Crippen LogP contribution in [0.4, 0.5) is 5.69 Å². The van der Waals surface area contributed by atoms with Gasteiger partial charge < -0.3 is 16.4 Å². The first-order chi connectivity index (χ1) is 8.08. The third-order valence-electron chi connectivity index (χ3n) is 3.22. The molecular formula is C13H19N3O. The number of rotatable bonds is 2. The van der Waals surface area contributed by atoms with E-state index in [0.717, 1.165) is 37.2 Å². The molecule has 1 atom stereocenters. The van der Waals surface area contributed by atoms with E-state index in [-0.39, 0.29) is 11.9 Å². The topological polar surface area (TPSA) is 72.4 Å². The molecule has 1 aromatic rings. The molecule has 0 aliphatic carbocycles. The molecule has 1 amide bonds. The molecule has 4 N–H and O–H groups in total. The highest BCUT2D eigenvalue weighted by Crippen LogP contribution is 2.25. The third-order valence-corrected chi connectivity index (χ3v) is 3.22. The first-order valence-corrected chi connectivity index (χ1v) is 5.99. The minimum atomic E-state index is -0.376. The average Bonchev–Trinajstić information content (AvgIpc) is 2.28. The van der Waals surface area contributed by atoms with Gasteiger partial charge in [-0.3, -0.25) is 4.79 Å². The van der Waals surface area contributed by atoms with E-state index in [9.17, 15) is 4.79 Å². The minimum absolute atomic E-state index is 0.185. The fourth-order valence-electron chi connectivity index (χ4n) is 2.34. The van der Waals surface area contributed by atoms with Crippen LogP contribution >= 0.6 is 0 Å². The molecule has 17 heavy (non-hydrogen) atoms. The lowest BCUT2D eigenvalue weighted by Gasteiger charge is -2.33. The number of benzene rings is 1. The number of hydrogen-bond donors (Lipinski definition) is 2. The Labute approximate surface area is 102 Å². The van der Waals surface area contributed by atoms with Gasteiger partial charge in [0.1, 0.15) is 0 Å². The van der Waals surface area contributed by atoms with Gasteiger partial charge in [0.15, 0.2) is 0 Å². The van der Waals surface area contributed by atoms with Gasteiger partial charge in [0.25, 0.3) is 5.91 Å². The Morgan fingerprint density at radius 3 is 2.88 bits per heavy atom. The van der Waals surface area contributed by atoms with Crippen LogP contribution in [0.2, 0.25) is 0 Å². The molecule has 4 heteroatoms. The molecule has 1 heterocycles. The van der Waals surface area contributed by atoms with E-state index < -0.39 is 0 Å². The minimum Gasteiger partial charge on any atom is -0.369 e. The van der Waals surface area contributed by atoms with Crippen molar-refractivity contribution in [3.8, 4) is 0 Å². The lowest BCUT2D eigenvalue weighted by atomic mass is 10.0. The summed E-state index contributed by atoms with van der Waals surface area (Å²) in [5, 5.41) is 0. The summed E-state index contributed by atoms with van der Waals surface area (Å²) in [6, 6.07) is 5.91. The van der Waals surface area contributed by atoms with Gasteiger partial charge >= 0.3 is 0 Å². The van der Waals surface area contributed by atoms with Crippen LogP contribution in [0.1, 0.15) is 28.8 Å². The number of aryl methyl sites for hydroxylation is 1. The lowest BCUT2D eigenvalue weighted by Crippen LogP contribution is -2.43. The number of hydrogen-bond acceptors (Lipinski definition) is 3. The molecule has 0 saturated carbocycles. The molecule has 1 aliphatic rings. The van der Waals surface area contributed by atoms with E-state index in [4.69, 9.17) is 11.5 Å². The third kappa shape index (κ3) is 2.58. The van der Waals surface area contributed by atoms with Crippen molar-refractivity contribution in [3.05, 3.63) is 29.3 Å². The number of amides is 1. The van der Waals surface area contributed by atoms with Crippen molar-refractivity contribution in [1.29, 1.82) is 0 Å². The monoisotopic (exact) mass is 233 g/mol. The molecule has 0 bridgehead atoms. The van der Waals surface area contributed by atoms with E-state index in [2.05, 4.69) is 4.90 Å². The van der Waals surface area contributed by atoms with Crippen molar-refractivity contribution in [3.63, 3.8) is 0 Å². The Bertz CT molecular complexity index is 431. The van der Waals surface area contributed by atoms with Gasteiger partial charge in [-0.2, -0.15) is 0 Å². The number of carbonyl (C=O) groups excluding carboxylic acids is 1. The van der Waals surface area contributed by atoms with E-state index in [1.54, 1.807) is 6.07 Å². The van der Waals surface area contributed by atoms with Crippen LogP contribution in [0.5, 0.6) is 0 Å². The predicted octanol–water partition coefficient (Wildman–Crippen LogP) is 1.02. The van der Waals surface area contributed by atoms with Gasteiger partial charge in [-0.25, -0.2) is 0 Å². The van der Waals surface area contributed by atoms with Crippen molar-refractivity contribution < 1.29 is 4.79 Å². The quantitative estimate of drug-likeness (QED) is 0.801. The molecule has 92 valence electrons. The molecular weight excluding hydrogens is 214 g/mol. The molecule has 0 radical (unpaired) electrons. The second-order valence-corrected chi connectivity index (χ2v) is 4.73. The Balaban J connectivity index is 2.35. The number of anilines is 1. The van der Waals surface area contributed by atoms with E-state index >= 15 is 0 Å². The van der Waals surface area contributed by atoms with Gasteiger partial charge in [-0.15, -0.1) is 0 Å². The van der Waals surface area contributed by atoms with Crippen LogP contribution in [0.25, 0.3) is 0 Å². The van der Waals surface area contributed by atoms with Crippen molar-refractivity contribution in [2.24, 2.45) is 11.5 Å². The van der Waals surface area contributed by atoms with Crippen LogP contribution in [0.15, 0.2) is 18.2 Å². The molecule has 1 aliphatic heterocycles. The number of nitrogens with two attached hydrogens (primary N) is 2. The molecule has 1 fully saturated rings. The standard InChI is InChI=1S/C13H19N3O/c1-9-4-5-11(13(15)17)12(7-9)16-6-2-3-10(14)8-16/h4-5,7,10H,2-3,6,8,14H2,1H3,(H2,15,17). The number of nitrogens with zero attached hydrogens (tertiary/aromatic N) is 1. The van der Waals surface area contributed by atoms with Crippen molar-refractivity contribution in [2.75, 3.05) is 18.0 Å². The van der Waals surface area contributed by atoms with Gasteiger partial charge in [0.2, 0.25) is 0 Å². The van der Waals surface area contributed by atoms with E-state index in [1.165, 1.54) is 0 Å². The summed E-state index contributed by atoms with van der Waals surface area (Å²) in [5.74, 6) is -0.376. The fourth-order valence-corrected chi connectivity index (χ4v) is 2.34. The number of carbonyl (C=O) groups is 1. The molecule has 4 nitrogen and oxygen atoms in total. The Morgan fingerprint density at radius 1 is 1.47 bits per heavy atom. The lowest BCUT2D eigenvalue weighted by molar-refractivity contribution is 0.100. The second-order valence-electron chi connectivity index (χ2n) is 4.73. The predicted molar refractivity (Wildman–Crippen MR) is 69.1 cm³/mol. The molecule has 1 aromatic carbocycles. The smallest absolute Gasteiger partial charge is 0.250 e. The zero-order valence-electron chi connectivity index (χ0n) is 10.1. The van der Waals surface area contributed by atoms with Gasteiger partial charge in [0.05, 0.1) is 5.56 Å². The molecule has 0 aromatic heterocycles. The second kappa shape index (κ2) is 4.75. The number of piperidine rings is 1. The van der Waals surface area contributed by atoms with Crippen molar-refractivity contribution in [1.82, 2.24) is 0 Å². The zero-order chi connectivity index (χ0) is 12.4. The average molecular weight is 233 g/mol. The van der Waals surface area contributed by atoms with Crippen molar-refractivity contribution in [2.45, 2.75) is 25.8 Å². The van der Waals surface area contributed by atoms with E-state index in [0.29, 0.717) is 5.56 Å². The van der Waals surface area contributed by atoms with Crippen LogP contribution in [0.3, 0.4) is 0 Å². The summed E-state index contributed by atoms with van der Waals surface area (Å²) in [6.45, 7) is 3.75. The highest BCUT2D eigenvalue weighted by atomic mass is 16.1. The maximum atomic E-state index is 11.4. The Morgan fingerprint density at radius 2 is 2.24 bits per heavy atom. The molecule has 1 saturated heterocycles. The summed E-state index contributed by atoms with van der Waals surface area (Å²) < 4.78 is 0. The largest absolute Gasteiger partial charge is 0.369 e. The van der Waals surface area contributed by atoms with Crippen molar-refractivity contribution >= 4 is 11.6 Å². The summed E-state index contributed by atoms with van der Waals surface area (Å²) in [5.41, 5.74) is 14.0. The summed E-state index contributed by atoms with van der Waals surface area (Å²) >= 11 is 0. The van der Waals surface area contributed by atoms with Gasteiger partial charge in [-0.1, -0.05) is 6.07 Å². The van der Waals surface area contributed by atoms with E-state index in [1.807, 2.05) is 19.1 Å². The van der Waals surface area contributed by atoms with Gasteiger partial charge in [0, 0.05) is 24.8 Å². The highest BCUT2D eigenvalue weighted by Gasteiger charge is 2.20. The maximum Gasteiger partial charge on any atom is 0.250 e. The Hall–Kier alpha value is -1.55. The summed E-state index contributed by atoms with van der Waals surface area (Å²) in [6.07, 6.45) is 2.11. The molecule has 2 rings (SSSR count). The van der Waals surface area contributed by atoms with Crippen LogP contribution < -0.4 is 16.4 Å². The fraction of sp³-hybridized carbons (Fsp3) is 0.462. The summed E-state index contributed by atoms with van der Waals surface area (Å²) in [4.78, 5) is 13.6. The highest BCUT2D eigenvalue weighted by molar-refractivity contribution is 5.98. The summed E-state index contributed by atoms with van der Waals surface area (Å²) in [7, 11) is 0. The Kier molecular flexibility index (Phi) is 3.33. The molecule has 0 spiro atoms. The SMILES string of the molecule is Cc1ccc(C(N)=O)c(N2CCCC(N)C2)c1. The van der Waals surface area contributed by atoms with Gasteiger partial charge in [-0.05, 0) is 37.5 Å². The first kappa shape index (κ1) is 11.9. The number of primary amides is 1. The normalized spacial score (nSPS) is 20.4. The first-order valence-electron chi connectivity index (χ1n) is 5.99.